The summed E-state index contributed by atoms with van der Waals surface area (Å²) in [5.74, 6) is 1.03. The molecule has 1 unspecified atom stereocenters. The summed E-state index contributed by atoms with van der Waals surface area (Å²) in [6, 6.07) is 8.84. The number of pyridine rings is 1. The van der Waals surface area contributed by atoms with E-state index in [0.717, 1.165) is 30.8 Å². The fourth-order valence-electron chi connectivity index (χ4n) is 3.25. The molecule has 3 rings (SSSR count). The molecule has 0 aliphatic carbocycles. The number of hydrogen-bond acceptors (Lipinski definition) is 4. The Balaban J connectivity index is 0.00000169. The van der Waals surface area contributed by atoms with E-state index in [4.69, 9.17) is 4.98 Å². The number of thiophene rings is 1. The van der Waals surface area contributed by atoms with E-state index >= 15 is 0 Å². The summed E-state index contributed by atoms with van der Waals surface area (Å²) in [7, 11) is 0. The second-order valence-corrected chi connectivity index (χ2v) is 7.13. The maximum atomic E-state index is 4.88. The molecule has 0 bridgehead atoms. The maximum Gasteiger partial charge on any atom is 0.135 e. The van der Waals surface area contributed by atoms with Crippen LogP contribution in [0.4, 0.5) is 5.82 Å². The molecule has 1 atom stereocenters. The highest BCUT2D eigenvalue weighted by molar-refractivity contribution is 7.09. The van der Waals surface area contributed by atoms with Gasteiger partial charge >= 0.3 is 0 Å². The van der Waals surface area contributed by atoms with Crippen molar-refractivity contribution in [2.45, 2.75) is 39.7 Å². The van der Waals surface area contributed by atoms with Gasteiger partial charge in [0.05, 0.1) is 5.52 Å². The molecule has 0 fully saturated rings. The number of hydrogen-bond donors (Lipinski definition) is 1. The van der Waals surface area contributed by atoms with E-state index < -0.39 is 0 Å². The third kappa shape index (κ3) is 5.23. The number of fused-ring (bicyclic) bond motifs is 3. The van der Waals surface area contributed by atoms with Gasteiger partial charge in [-0.15, -0.1) is 24.8 Å². The summed E-state index contributed by atoms with van der Waals surface area (Å²) in [5, 5.41) is 11.9. The Bertz CT molecular complexity index is 802. The molecule has 3 nitrogen and oxygen atoms in total. The summed E-state index contributed by atoms with van der Waals surface area (Å²) in [6.07, 6.45) is 2.38. The van der Waals surface area contributed by atoms with Crippen LogP contribution < -0.4 is 5.32 Å². The molecular formula is C20H29Cl2N3S. The first-order valence-electron chi connectivity index (χ1n) is 8.96. The Kier molecular flexibility index (Phi) is 9.66. The molecule has 3 aromatic rings. The van der Waals surface area contributed by atoms with E-state index in [9.17, 15) is 0 Å². The predicted octanol–water partition coefficient (Wildman–Crippen LogP) is 6.22. The minimum absolute atomic E-state index is 0. The van der Waals surface area contributed by atoms with Crippen LogP contribution in [0.25, 0.3) is 21.7 Å². The first-order chi connectivity index (χ1) is 11.7. The third-order valence-corrected chi connectivity index (χ3v) is 5.48. The van der Waals surface area contributed by atoms with E-state index in [-0.39, 0.29) is 24.8 Å². The molecule has 0 saturated heterocycles. The fraction of sp³-hybridized carbons (Fsp3) is 0.450. The van der Waals surface area contributed by atoms with Crippen molar-refractivity contribution in [3.05, 3.63) is 35.0 Å². The van der Waals surface area contributed by atoms with Crippen LogP contribution in [0, 0.1) is 0 Å². The van der Waals surface area contributed by atoms with Crippen molar-refractivity contribution in [1.29, 1.82) is 0 Å². The quantitative estimate of drug-likeness (QED) is 0.475. The molecule has 1 N–H and O–H groups in total. The lowest BCUT2D eigenvalue weighted by Gasteiger charge is -2.20. The fourth-order valence-corrected chi connectivity index (χ4v) is 4.08. The standard InChI is InChI=1S/C20H27N3S.2ClH/c1-4-23(5-2)12-8-9-15(3)21-20-18-14-24-13-17(18)16-10-6-7-11-19(16)22-20;;/h6-7,10-11,13-15H,4-5,8-9,12H2,1-3H3,(H,21,22);2*1H. The summed E-state index contributed by atoms with van der Waals surface area (Å²) in [6.45, 7) is 10.2. The number of anilines is 1. The van der Waals surface area contributed by atoms with Crippen molar-refractivity contribution >= 4 is 63.6 Å². The molecule has 0 saturated carbocycles. The van der Waals surface area contributed by atoms with Gasteiger partial charge in [-0.1, -0.05) is 32.0 Å². The highest BCUT2D eigenvalue weighted by Gasteiger charge is 2.11. The Hall–Kier alpha value is -1.07. The minimum atomic E-state index is 0. The van der Waals surface area contributed by atoms with Gasteiger partial charge in [0, 0.05) is 27.6 Å². The molecule has 0 aliphatic rings. The van der Waals surface area contributed by atoms with Crippen molar-refractivity contribution in [3.63, 3.8) is 0 Å². The SMILES string of the molecule is CCN(CC)CCCC(C)Nc1nc2ccccc2c2cscc12.Cl.Cl. The lowest BCUT2D eigenvalue weighted by molar-refractivity contribution is 0.295. The van der Waals surface area contributed by atoms with Crippen LogP contribution in [-0.2, 0) is 0 Å². The highest BCUT2D eigenvalue weighted by Crippen LogP contribution is 2.32. The average Bonchev–Trinajstić information content (AvgIpc) is 3.09. The van der Waals surface area contributed by atoms with Crippen molar-refractivity contribution in [2.75, 3.05) is 25.0 Å². The van der Waals surface area contributed by atoms with Gasteiger partial charge in [-0.25, -0.2) is 4.98 Å². The summed E-state index contributed by atoms with van der Waals surface area (Å²) in [5.41, 5.74) is 1.07. The van der Waals surface area contributed by atoms with Crippen LogP contribution in [0.1, 0.15) is 33.6 Å². The van der Waals surface area contributed by atoms with Crippen molar-refractivity contribution in [2.24, 2.45) is 0 Å². The van der Waals surface area contributed by atoms with Crippen molar-refractivity contribution in [1.82, 2.24) is 9.88 Å². The monoisotopic (exact) mass is 413 g/mol. The topological polar surface area (TPSA) is 28.2 Å². The molecular weight excluding hydrogens is 385 g/mol. The lowest BCUT2D eigenvalue weighted by Crippen LogP contribution is -2.25. The van der Waals surface area contributed by atoms with Gasteiger partial charge < -0.3 is 10.2 Å². The molecule has 1 aromatic carbocycles. The van der Waals surface area contributed by atoms with Gasteiger partial charge in [-0.3, -0.25) is 0 Å². The Morgan fingerprint density at radius 1 is 1.04 bits per heavy atom. The van der Waals surface area contributed by atoms with Crippen molar-refractivity contribution < 1.29 is 0 Å². The summed E-state index contributed by atoms with van der Waals surface area (Å²) >= 11 is 1.75. The predicted molar refractivity (Wildman–Crippen MR) is 122 cm³/mol. The van der Waals surface area contributed by atoms with E-state index in [1.165, 1.54) is 29.1 Å². The zero-order chi connectivity index (χ0) is 16.9. The van der Waals surface area contributed by atoms with Crippen LogP contribution in [-0.4, -0.2) is 35.6 Å². The van der Waals surface area contributed by atoms with Crippen LogP contribution in [0.5, 0.6) is 0 Å². The molecule has 2 heterocycles. The van der Waals surface area contributed by atoms with Gasteiger partial charge in [0.25, 0.3) is 0 Å². The average molecular weight is 414 g/mol. The van der Waals surface area contributed by atoms with Crippen molar-refractivity contribution in [3.8, 4) is 0 Å². The van der Waals surface area contributed by atoms with Crippen LogP contribution in [0.3, 0.4) is 0 Å². The Labute approximate surface area is 173 Å². The largest absolute Gasteiger partial charge is 0.367 e. The van der Waals surface area contributed by atoms with Gasteiger partial charge in [-0.2, -0.15) is 11.3 Å². The van der Waals surface area contributed by atoms with Crippen LogP contribution in [0.2, 0.25) is 0 Å². The third-order valence-electron chi connectivity index (χ3n) is 4.73. The number of para-hydroxylation sites is 1. The zero-order valence-electron chi connectivity index (χ0n) is 15.7. The molecule has 26 heavy (non-hydrogen) atoms. The first kappa shape index (κ1) is 23.0. The number of halogens is 2. The van der Waals surface area contributed by atoms with Crippen LogP contribution in [0.15, 0.2) is 35.0 Å². The highest BCUT2D eigenvalue weighted by atomic mass is 35.5. The lowest BCUT2D eigenvalue weighted by atomic mass is 10.1. The number of rotatable bonds is 8. The van der Waals surface area contributed by atoms with Crippen LogP contribution >= 0.6 is 36.2 Å². The van der Waals surface area contributed by atoms with Gasteiger partial charge in [0.15, 0.2) is 0 Å². The minimum Gasteiger partial charge on any atom is -0.367 e. The smallest absolute Gasteiger partial charge is 0.135 e. The number of nitrogens with zero attached hydrogens (tertiary/aromatic N) is 2. The normalized spacial score (nSPS) is 12.0. The summed E-state index contributed by atoms with van der Waals surface area (Å²) in [4.78, 5) is 7.36. The molecule has 2 aromatic heterocycles. The van der Waals surface area contributed by atoms with E-state index in [1.54, 1.807) is 11.3 Å². The number of benzene rings is 1. The second-order valence-electron chi connectivity index (χ2n) is 6.39. The maximum absolute atomic E-state index is 4.88. The number of nitrogens with one attached hydrogen (secondary N) is 1. The van der Waals surface area contributed by atoms with Gasteiger partial charge in [0.1, 0.15) is 5.82 Å². The molecule has 0 spiro atoms. The Morgan fingerprint density at radius 2 is 1.73 bits per heavy atom. The van der Waals surface area contributed by atoms with E-state index in [2.05, 4.69) is 66.0 Å². The second kappa shape index (κ2) is 10.9. The molecule has 6 heteroatoms. The molecule has 0 aliphatic heterocycles. The Morgan fingerprint density at radius 3 is 2.46 bits per heavy atom. The zero-order valence-corrected chi connectivity index (χ0v) is 18.1. The van der Waals surface area contributed by atoms with Gasteiger partial charge in [-0.05, 0) is 50.8 Å². The number of aromatic nitrogens is 1. The first-order valence-corrected chi connectivity index (χ1v) is 9.90. The van der Waals surface area contributed by atoms with Gasteiger partial charge in [0.2, 0.25) is 0 Å². The summed E-state index contributed by atoms with van der Waals surface area (Å²) < 4.78 is 0. The molecule has 0 amide bonds. The van der Waals surface area contributed by atoms with E-state index in [1.807, 2.05) is 0 Å². The molecule has 144 valence electrons. The van der Waals surface area contributed by atoms with E-state index in [0.29, 0.717) is 6.04 Å². The molecule has 0 radical (unpaired) electrons.